The van der Waals surface area contributed by atoms with Crippen molar-refractivity contribution in [3.8, 4) is 0 Å². The Kier molecular flexibility index (Phi) is 5.89. The lowest BCUT2D eigenvalue weighted by Crippen LogP contribution is -2.44. The second kappa shape index (κ2) is 8.17. The molecule has 2 unspecified atom stereocenters. The van der Waals surface area contributed by atoms with E-state index in [4.69, 9.17) is 0 Å². The zero-order valence-corrected chi connectivity index (χ0v) is 16.0. The van der Waals surface area contributed by atoms with Gasteiger partial charge in [-0.15, -0.1) is 0 Å². The summed E-state index contributed by atoms with van der Waals surface area (Å²) >= 11 is 0. The molecule has 7 heteroatoms. The van der Waals surface area contributed by atoms with E-state index in [9.17, 15) is 17.6 Å². The quantitative estimate of drug-likeness (QED) is 0.760. The van der Waals surface area contributed by atoms with Gasteiger partial charge in [-0.2, -0.15) is 0 Å². The van der Waals surface area contributed by atoms with Gasteiger partial charge in [-0.25, -0.2) is 12.8 Å². The van der Waals surface area contributed by atoms with Gasteiger partial charge in [-0.1, -0.05) is 18.2 Å². The topological polar surface area (TPSA) is 67.3 Å². The summed E-state index contributed by atoms with van der Waals surface area (Å²) in [5, 5.41) is 0. The zero-order valence-electron chi connectivity index (χ0n) is 15.2. The lowest BCUT2D eigenvalue weighted by Gasteiger charge is -2.31. The lowest BCUT2D eigenvalue weighted by molar-refractivity contribution is -0.134. The molecule has 27 heavy (non-hydrogen) atoms. The number of nitrogens with zero attached hydrogens (tertiary/aromatic N) is 2. The predicted molar refractivity (Wildman–Crippen MR) is 102 cm³/mol. The number of carbonyl (C=O) groups is 1. The summed E-state index contributed by atoms with van der Waals surface area (Å²) in [6, 6.07) is 11.1. The maximum Gasteiger partial charge on any atom is 0.230 e. The molecule has 2 heterocycles. The van der Waals surface area contributed by atoms with Gasteiger partial charge in [0.15, 0.2) is 9.84 Å². The Balaban J connectivity index is 1.90. The highest BCUT2D eigenvalue weighted by Crippen LogP contribution is 2.27. The molecule has 1 aromatic heterocycles. The van der Waals surface area contributed by atoms with E-state index in [0.29, 0.717) is 24.9 Å². The summed E-state index contributed by atoms with van der Waals surface area (Å²) in [6.07, 6.45) is 2.51. The molecule has 2 atom stereocenters. The third-order valence-corrected chi connectivity index (χ3v) is 6.73. The molecule has 1 saturated heterocycles. The fourth-order valence-corrected chi connectivity index (χ4v) is 5.32. The summed E-state index contributed by atoms with van der Waals surface area (Å²) in [5.41, 5.74) is 1.46. The highest BCUT2D eigenvalue weighted by atomic mass is 32.2. The van der Waals surface area contributed by atoms with Crippen LogP contribution in [0.5, 0.6) is 0 Å². The van der Waals surface area contributed by atoms with Crippen molar-refractivity contribution in [3.05, 3.63) is 65.7 Å². The van der Waals surface area contributed by atoms with Gasteiger partial charge in [-0.05, 0) is 43.2 Å². The van der Waals surface area contributed by atoms with E-state index in [1.54, 1.807) is 29.3 Å². The first-order valence-corrected chi connectivity index (χ1v) is 10.9. The van der Waals surface area contributed by atoms with Gasteiger partial charge >= 0.3 is 0 Å². The largest absolute Gasteiger partial charge is 0.338 e. The van der Waals surface area contributed by atoms with E-state index in [2.05, 4.69) is 4.98 Å². The predicted octanol–water partition coefficient (Wildman–Crippen LogP) is 2.58. The highest BCUT2D eigenvalue weighted by Gasteiger charge is 2.36. The zero-order chi connectivity index (χ0) is 19.4. The normalized spacial score (nSPS) is 19.6. The average molecular weight is 390 g/mol. The van der Waals surface area contributed by atoms with Crippen molar-refractivity contribution in [2.75, 3.05) is 18.1 Å². The van der Waals surface area contributed by atoms with Crippen molar-refractivity contribution in [2.45, 2.75) is 31.7 Å². The Morgan fingerprint density at radius 2 is 2.00 bits per heavy atom. The Labute approximate surface area is 159 Å². The molecule has 1 aliphatic heterocycles. The standard InChI is InChI=1S/C20H23FN2O3S/c1-2-23(18-10-12-27(25,26)14-18)20(24)19(13-17-5-3-4-11-22-17)15-6-8-16(21)9-7-15/h3-9,11,18-19H,2,10,12-14H2,1H3. The fraction of sp³-hybridized carbons (Fsp3) is 0.400. The van der Waals surface area contributed by atoms with Crippen LogP contribution in [0.25, 0.3) is 0 Å². The first kappa shape index (κ1) is 19.5. The molecule has 0 spiro atoms. The van der Waals surface area contributed by atoms with Crippen LogP contribution >= 0.6 is 0 Å². The number of halogens is 1. The molecule has 0 aliphatic carbocycles. The van der Waals surface area contributed by atoms with Gasteiger partial charge in [-0.3, -0.25) is 9.78 Å². The van der Waals surface area contributed by atoms with Crippen LogP contribution in [0.3, 0.4) is 0 Å². The minimum absolute atomic E-state index is 0.00625. The van der Waals surface area contributed by atoms with Crippen LogP contribution in [0.4, 0.5) is 4.39 Å². The number of carbonyl (C=O) groups excluding carboxylic acids is 1. The molecule has 0 saturated carbocycles. The summed E-state index contributed by atoms with van der Waals surface area (Å²) in [4.78, 5) is 19.3. The van der Waals surface area contributed by atoms with E-state index in [1.807, 2.05) is 19.1 Å². The Hall–Kier alpha value is -2.28. The number of rotatable bonds is 6. The van der Waals surface area contributed by atoms with Crippen molar-refractivity contribution in [1.82, 2.24) is 9.88 Å². The van der Waals surface area contributed by atoms with E-state index in [-0.39, 0.29) is 29.3 Å². The number of sulfone groups is 1. The smallest absolute Gasteiger partial charge is 0.230 e. The second-order valence-electron chi connectivity index (χ2n) is 6.81. The van der Waals surface area contributed by atoms with E-state index in [0.717, 1.165) is 5.69 Å². The van der Waals surface area contributed by atoms with Crippen LogP contribution in [0, 0.1) is 5.82 Å². The summed E-state index contributed by atoms with van der Waals surface area (Å²) in [5.74, 6) is -0.924. The average Bonchev–Trinajstić information content (AvgIpc) is 3.01. The molecule has 1 fully saturated rings. The van der Waals surface area contributed by atoms with E-state index in [1.165, 1.54) is 12.1 Å². The minimum Gasteiger partial charge on any atom is -0.338 e. The molecule has 1 aliphatic rings. The second-order valence-corrected chi connectivity index (χ2v) is 9.04. The van der Waals surface area contributed by atoms with E-state index >= 15 is 0 Å². The van der Waals surface area contributed by atoms with Gasteiger partial charge < -0.3 is 4.90 Å². The number of pyridine rings is 1. The molecule has 1 amide bonds. The number of benzene rings is 1. The Morgan fingerprint density at radius 1 is 1.26 bits per heavy atom. The molecule has 1 aromatic carbocycles. The molecule has 3 rings (SSSR count). The van der Waals surface area contributed by atoms with Gasteiger partial charge in [0.05, 0.1) is 17.4 Å². The van der Waals surface area contributed by atoms with Crippen LogP contribution in [-0.2, 0) is 21.1 Å². The molecule has 2 aromatic rings. The summed E-state index contributed by atoms with van der Waals surface area (Å²) in [7, 11) is -3.09. The number of hydrogen-bond acceptors (Lipinski definition) is 4. The molecular weight excluding hydrogens is 367 g/mol. The number of likely N-dealkylation sites (N-methyl/N-ethyl adjacent to an activating group) is 1. The van der Waals surface area contributed by atoms with Gasteiger partial charge in [0.1, 0.15) is 5.82 Å². The van der Waals surface area contributed by atoms with Crippen LogP contribution in [0.2, 0.25) is 0 Å². The highest BCUT2D eigenvalue weighted by molar-refractivity contribution is 7.91. The monoisotopic (exact) mass is 390 g/mol. The van der Waals surface area contributed by atoms with E-state index < -0.39 is 15.8 Å². The Bertz CT molecular complexity index is 885. The fourth-order valence-electron chi connectivity index (χ4n) is 3.59. The molecule has 0 N–H and O–H groups in total. The maximum absolute atomic E-state index is 13.4. The van der Waals surface area contributed by atoms with Crippen molar-refractivity contribution < 1.29 is 17.6 Å². The third-order valence-electron chi connectivity index (χ3n) is 4.98. The molecule has 0 bridgehead atoms. The number of hydrogen-bond donors (Lipinski definition) is 0. The van der Waals surface area contributed by atoms with Crippen LogP contribution in [0.1, 0.15) is 30.5 Å². The molecule has 0 radical (unpaired) electrons. The Morgan fingerprint density at radius 3 is 2.56 bits per heavy atom. The lowest BCUT2D eigenvalue weighted by atomic mass is 9.91. The van der Waals surface area contributed by atoms with Gasteiger partial charge in [0.2, 0.25) is 5.91 Å². The molecule has 5 nitrogen and oxygen atoms in total. The van der Waals surface area contributed by atoms with Crippen LogP contribution in [0.15, 0.2) is 48.7 Å². The maximum atomic E-state index is 13.4. The minimum atomic E-state index is -3.09. The first-order valence-electron chi connectivity index (χ1n) is 9.06. The third kappa shape index (κ3) is 4.71. The van der Waals surface area contributed by atoms with Gasteiger partial charge in [0.25, 0.3) is 0 Å². The SMILES string of the molecule is CCN(C(=O)C(Cc1ccccn1)c1ccc(F)cc1)C1CCS(=O)(=O)C1. The first-order chi connectivity index (χ1) is 12.9. The summed E-state index contributed by atoms with van der Waals surface area (Å²) in [6.45, 7) is 2.28. The van der Waals surface area contributed by atoms with Crippen molar-refractivity contribution in [2.24, 2.45) is 0 Å². The van der Waals surface area contributed by atoms with Crippen molar-refractivity contribution in [3.63, 3.8) is 0 Å². The molecule has 144 valence electrons. The molecular formula is C20H23FN2O3S. The number of amides is 1. The van der Waals surface area contributed by atoms with Gasteiger partial charge in [0, 0.05) is 30.9 Å². The summed E-state index contributed by atoms with van der Waals surface area (Å²) < 4.78 is 37.1. The number of aromatic nitrogens is 1. The van der Waals surface area contributed by atoms with Crippen LogP contribution in [-0.4, -0.2) is 48.3 Å². The van der Waals surface area contributed by atoms with Crippen molar-refractivity contribution >= 4 is 15.7 Å². The van der Waals surface area contributed by atoms with Crippen molar-refractivity contribution in [1.29, 1.82) is 0 Å². The van der Waals surface area contributed by atoms with Crippen LogP contribution < -0.4 is 0 Å².